The van der Waals surface area contributed by atoms with Gasteiger partial charge in [0.05, 0.1) is 30.3 Å². The summed E-state index contributed by atoms with van der Waals surface area (Å²) < 4.78 is 0. The van der Waals surface area contributed by atoms with Gasteiger partial charge in [-0.1, -0.05) is 6.07 Å². The van der Waals surface area contributed by atoms with Crippen LogP contribution >= 0.6 is 0 Å². The zero-order chi connectivity index (χ0) is 20.8. The predicted octanol–water partition coefficient (Wildman–Crippen LogP) is 3.92. The van der Waals surface area contributed by atoms with Crippen molar-refractivity contribution >= 4 is 17.4 Å². The molecule has 0 fully saturated rings. The Bertz CT molecular complexity index is 1130. The summed E-state index contributed by atoms with van der Waals surface area (Å²) in [6.45, 7) is 0.374. The number of rotatable bonds is 6. The number of benzene rings is 2. The molecule has 7 nitrogen and oxygen atoms in total. The monoisotopic (exact) mass is 397 g/mol. The van der Waals surface area contributed by atoms with E-state index in [1.54, 1.807) is 55.0 Å². The van der Waals surface area contributed by atoms with Crippen LogP contribution < -0.4 is 10.6 Å². The van der Waals surface area contributed by atoms with Crippen molar-refractivity contribution in [1.29, 1.82) is 0 Å². The number of nitrogens with zero attached hydrogens (tertiary/aromatic N) is 3. The highest BCUT2D eigenvalue weighted by Crippen LogP contribution is 2.22. The fourth-order valence-corrected chi connectivity index (χ4v) is 2.83. The minimum atomic E-state index is -0.165. The molecular weight excluding hydrogens is 378 g/mol. The molecule has 0 atom stereocenters. The molecule has 2 aromatic carbocycles. The molecule has 0 spiro atoms. The van der Waals surface area contributed by atoms with Crippen LogP contribution in [0.15, 0.2) is 85.3 Å². The first-order valence-electron chi connectivity index (χ1n) is 9.34. The number of amides is 1. The van der Waals surface area contributed by atoms with E-state index >= 15 is 0 Å². The summed E-state index contributed by atoms with van der Waals surface area (Å²) in [5.41, 5.74) is 3.68. The number of aromatic hydroxyl groups is 1. The summed E-state index contributed by atoms with van der Waals surface area (Å²) in [6.07, 6.45) is 4.98. The lowest BCUT2D eigenvalue weighted by Crippen LogP contribution is -2.23. The third-order valence-corrected chi connectivity index (χ3v) is 4.37. The van der Waals surface area contributed by atoms with Gasteiger partial charge in [0.2, 0.25) is 0 Å². The predicted molar refractivity (Wildman–Crippen MR) is 114 cm³/mol. The highest BCUT2D eigenvalue weighted by molar-refractivity contribution is 5.94. The zero-order valence-electron chi connectivity index (χ0n) is 16.0. The molecule has 4 aromatic rings. The molecule has 0 bridgehead atoms. The van der Waals surface area contributed by atoms with Crippen molar-refractivity contribution in [3.8, 4) is 17.0 Å². The summed E-state index contributed by atoms with van der Waals surface area (Å²) in [6, 6.07) is 19.5. The molecular formula is C23H19N5O2. The Labute approximate surface area is 173 Å². The van der Waals surface area contributed by atoms with Crippen molar-refractivity contribution in [3.63, 3.8) is 0 Å². The number of phenolic OH excluding ortho intramolecular Hbond substituents is 1. The molecule has 0 saturated carbocycles. The van der Waals surface area contributed by atoms with E-state index in [0.29, 0.717) is 23.6 Å². The van der Waals surface area contributed by atoms with Crippen LogP contribution in [0.4, 0.5) is 11.5 Å². The molecule has 2 heterocycles. The van der Waals surface area contributed by atoms with Crippen molar-refractivity contribution in [2.24, 2.45) is 0 Å². The number of phenols is 1. The zero-order valence-corrected chi connectivity index (χ0v) is 16.0. The van der Waals surface area contributed by atoms with Crippen molar-refractivity contribution < 1.29 is 9.90 Å². The SMILES string of the molecule is O=C(NCc1ccccn1)c1ccc(Nc2cncc(-c3ccc(O)cc3)n2)cc1. The largest absolute Gasteiger partial charge is 0.508 e. The molecule has 0 radical (unpaired) electrons. The van der Waals surface area contributed by atoms with Crippen LogP contribution in [-0.4, -0.2) is 26.0 Å². The van der Waals surface area contributed by atoms with Crippen LogP contribution in [0.5, 0.6) is 5.75 Å². The van der Waals surface area contributed by atoms with Gasteiger partial charge in [-0.15, -0.1) is 0 Å². The molecule has 148 valence electrons. The molecule has 0 aliphatic heterocycles. The molecule has 7 heteroatoms. The first kappa shape index (κ1) is 19.1. The molecule has 0 aliphatic rings. The van der Waals surface area contributed by atoms with Gasteiger partial charge in [-0.05, 0) is 60.7 Å². The van der Waals surface area contributed by atoms with E-state index in [-0.39, 0.29) is 11.7 Å². The quantitative estimate of drug-likeness (QED) is 0.456. The van der Waals surface area contributed by atoms with Gasteiger partial charge in [0.15, 0.2) is 0 Å². The van der Waals surface area contributed by atoms with Gasteiger partial charge in [-0.3, -0.25) is 14.8 Å². The van der Waals surface area contributed by atoms with Crippen LogP contribution in [0.1, 0.15) is 16.1 Å². The van der Waals surface area contributed by atoms with Gasteiger partial charge in [-0.25, -0.2) is 4.98 Å². The van der Waals surface area contributed by atoms with E-state index in [0.717, 1.165) is 16.9 Å². The number of carbonyl (C=O) groups excluding carboxylic acids is 1. The topological polar surface area (TPSA) is 100 Å². The second kappa shape index (κ2) is 8.83. The Balaban J connectivity index is 1.40. The Morgan fingerprint density at radius 3 is 2.47 bits per heavy atom. The van der Waals surface area contributed by atoms with Crippen molar-refractivity contribution in [2.75, 3.05) is 5.32 Å². The molecule has 2 aromatic heterocycles. The lowest BCUT2D eigenvalue weighted by Gasteiger charge is -2.09. The Kier molecular flexibility index (Phi) is 5.61. The number of carbonyl (C=O) groups is 1. The lowest BCUT2D eigenvalue weighted by atomic mass is 10.1. The third-order valence-electron chi connectivity index (χ3n) is 4.37. The Morgan fingerprint density at radius 1 is 0.933 bits per heavy atom. The van der Waals surface area contributed by atoms with Crippen molar-refractivity contribution in [2.45, 2.75) is 6.54 Å². The first-order valence-corrected chi connectivity index (χ1v) is 9.34. The van der Waals surface area contributed by atoms with E-state index < -0.39 is 0 Å². The molecule has 3 N–H and O–H groups in total. The molecule has 30 heavy (non-hydrogen) atoms. The maximum atomic E-state index is 12.3. The Hall–Kier alpha value is -4.26. The van der Waals surface area contributed by atoms with Gasteiger partial charge < -0.3 is 15.7 Å². The smallest absolute Gasteiger partial charge is 0.251 e. The van der Waals surface area contributed by atoms with Crippen molar-refractivity contribution in [3.05, 3.63) is 96.6 Å². The number of hydrogen-bond donors (Lipinski definition) is 3. The van der Waals surface area contributed by atoms with Crippen molar-refractivity contribution in [1.82, 2.24) is 20.3 Å². The standard InChI is InChI=1S/C23H19N5O2/c29-20-10-6-16(7-11-20)21-14-24-15-22(28-21)27-18-8-4-17(5-9-18)23(30)26-13-19-3-1-2-12-25-19/h1-12,14-15,29H,13H2,(H,26,30)(H,27,28). The second-order valence-electron chi connectivity index (χ2n) is 6.54. The van der Waals surface area contributed by atoms with Crippen LogP contribution in [0.2, 0.25) is 0 Å². The summed E-state index contributed by atoms with van der Waals surface area (Å²) in [7, 11) is 0. The van der Waals surface area contributed by atoms with Crippen LogP contribution in [0, 0.1) is 0 Å². The van der Waals surface area contributed by atoms with E-state index in [9.17, 15) is 9.90 Å². The molecule has 0 aliphatic carbocycles. The molecule has 4 rings (SSSR count). The minimum absolute atomic E-state index is 0.165. The van der Waals surface area contributed by atoms with E-state index in [2.05, 4.69) is 25.6 Å². The fourth-order valence-electron chi connectivity index (χ4n) is 2.83. The van der Waals surface area contributed by atoms with E-state index in [1.165, 1.54) is 0 Å². The Morgan fingerprint density at radius 2 is 1.73 bits per heavy atom. The van der Waals surface area contributed by atoms with Gasteiger partial charge in [-0.2, -0.15) is 0 Å². The highest BCUT2D eigenvalue weighted by Gasteiger charge is 2.07. The summed E-state index contributed by atoms with van der Waals surface area (Å²) in [5.74, 6) is 0.611. The van der Waals surface area contributed by atoms with E-state index in [4.69, 9.17) is 0 Å². The average molecular weight is 397 g/mol. The van der Waals surface area contributed by atoms with Gasteiger partial charge in [0, 0.05) is 23.0 Å². The molecule has 1 amide bonds. The summed E-state index contributed by atoms with van der Waals surface area (Å²) >= 11 is 0. The van der Waals surface area contributed by atoms with Crippen LogP contribution in [-0.2, 0) is 6.54 Å². The number of anilines is 2. The summed E-state index contributed by atoms with van der Waals surface area (Å²) in [5, 5.41) is 15.5. The summed E-state index contributed by atoms with van der Waals surface area (Å²) in [4.78, 5) is 25.3. The number of aromatic nitrogens is 3. The highest BCUT2D eigenvalue weighted by atomic mass is 16.3. The van der Waals surface area contributed by atoms with Gasteiger partial charge in [0.25, 0.3) is 5.91 Å². The molecule has 0 unspecified atom stereocenters. The maximum Gasteiger partial charge on any atom is 0.251 e. The normalized spacial score (nSPS) is 10.4. The van der Waals surface area contributed by atoms with Crippen LogP contribution in [0.3, 0.4) is 0 Å². The minimum Gasteiger partial charge on any atom is -0.508 e. The van der Waals surface area contributed by atoms with Gasteiger partial charge >= 0.3 is 0 Å². The number of hydrogen-bond acceptors (Lipinski definition) is 6. The fraction of sp³-hybridized carbons (Fsp3) is 0.0435. The third kappa shape index (κ3) is 4.77. The second-order valence-corrected chi connectivity index (χ2v) is 6.54. The number of pyridine rings is 1. The number of nitrogens with one attached hydrogen (secondary N) is 2. The van der Waals surface area contributed by atoms with Crippen LogP contribution in [0.25, 0.3) is 11.3 Å². The average Bonchev–Trinajstić information content (AvgIpc) is 2.79. The maximum absolute atomic E-state index is 12.3. The first-order chi connectivity index (χ1) is 14.7. The lowest BCUT2D eigenvalue weighted by molar-refractivity contribution is 0.0950. The van der Waals surface area contributed by atoms with E-state index in [1.807, 2.05) is 30.3 Å². The molecule has 0 saturated heterocycles. The van der Waals surface area contributed by atoms with Gasteiger partial charge in [0.1, 0.15) is 11.6 Å².